The van der Waals surface area contributed by atoms with Gasteiger partial charge < -0.3 is 20.9 Å². The van der Waals surface area contributed by atoms with Gasteiger partial charge in [0.1, 0.15) is 17.6 Å². The average molecular weight is 498 g/mol. The van der Waals surface area contributed by atoms with Crippen molar-refractivity contribution in [2.24, 2.45) is 5.92 Å². The molecule has 3 N–H and O–H groups in total. The van der Waals surface area contributed by atoms with Gasteiger partial charge in [-0.2, -0.15) is 4.98 Å². The number of rotatable bonds is 7. The Bertz CT molecular complexity index is 1300. The molecule has 1 aromatic carbocycles. The minimum absolute atomic E-state index is 0.0366. The van der Waals surface area contributed by atoms with Crippen LogP contribution in [0.1, 0.15) is 26.7 Å². The number of carbonyl (C=O) groups excluding carboxylic acids is 3. The zero-order valence-corrected chi connectivity index (χ0v) is 20.4. The average Bonchev–Trinajstić information content (AvgIpc) is 3.27. The van der Waals surface area contributed by atoms with E-state index in [2.05, 4.69) is 25.9 Å². The Kier molecular flexibility index (Phi) is 7.39. The van der Waals surface area contributed by atoms with Crippen LogP contribution in [0.3, 0.4) is 0 Å². The number of carbonyl (C=O) groups is 3. The van der Waals surface area contributed by atoms with Gasteiger partial charge in [-0.25, -0.2) is 4.98 Å². The molecule has 4 rings (SSSR count). The fourth-order valence-corrected chi connectivity index (χ4v) is 4.97. The number of amides is 3. The second-order valence-electron chi connectivity index (χ2n) is 8.31. The molecule has 3 heterocycles. The summed E-state index contributed by atoms with van der Waals surface area (Å²) in [6.07, 6.45) is 3.01. The number of thiazole rings is 1. The highest BCUT2D eigenvalue weighted by Crippen LogP contribution is 2.29. The van der Waals surface area contributed by atoms with Gasteiger partial charge in [0.2, 0.25) is 17.7 Å². The predicted octanol–water partition coefficient (Wildman–Crippen LogP) is 1.80. The van der Waals surface area contributed by atoms with Gasteiger partial charge in [-0.15, -0.1) is 0 Å². The molecule has 0 spiro atoms. The van der Waals surface area contributed by atoms with Crippen LogP contribution in [-0.2, 0) is 20.9 Å². The second kappa shape index (κ2) is 10.6. The number of piperidine rings is 1. The summed E-state index contributed by atoms with van der Waals surface area (Å²) < 4.78 is 1.62. The zero-order chi connectivity index (χ0) is 24.9. The van der Waals surface area contributed by atoms with Crippen LogP contribution in [0.15, 0.2) is 35.4 Å². The fourth-order valence-electron chi connectivity index (χ4n) is 3.96. The third-order valence-electron chi connectivity index (χ3n) is 5.59. The molecule has 0 radical (unpaired) electrons. The monoisotopic (exact) mass is 497 g/mol. The van der Waals surface area contributed by atoms with Crippen molar-refractivity contribution in [1.82, 2.24) is 19.9 Å². The van der Waals surface area contributed by atoms with Crippen LogP contribution in [0.4, 0.5) is 16.5 Å². The van der Waals surface area contributed by atoms with Crippen molar-refractivity contribution in [3.8, 4) is 0 Å². The Balaban J connectivity index is 1.45. The van der Waals surface area contributed by atoms with Gasteiger partial charge in [0.25, 0.3) is 5.56 Å². The van der Waals surface area contributed by atoms with E-state index in [4.69, 9.17) is 0 Å². The Labute approximate surface area is 205 Å². The van der Waals surface area contributed by atoms with Crippen molar-refractivity contribution >= 4 is 55.9 Å². The molecule has 12 heteroatoms. The lowest BCUT2D eigenvalue weighted by Crippen LogP contribution is -2.43. The summed E-state index contributed by atoms with van der Waals surface area (Å²) in [5.41, 5.74) is 1.15. The summed E-state index contributed by atoms with van der Waals surface area (Å²) in [6, 6.07) is 6.67. The van der Waals surface area contributed by atoms with Gasteiger partial charge in [-0.05, 0) is 44.0 Å². The highest BCUT2D eigenvalue weighted by Gasteiger charge is 2.27. The number of hydrogen-bond donors (Lipinski definition) is 3. The first-order valence-electron chi connectivity index (χ1n) is 11.4. The van der Waals surface area contributed by atoms with Crippen molar-refractivity contribution in [1.29, 1.82) is 0 Å². The summed E-state index contributed by atoms with van der Waals surface area (Å²) in [5.74, 6) is -0.644. The first-order chi connectivity index (χ1) is 16.8. The molecule has 1 aliphatic heterocycles. The largest absolute Gasteiger partial charge is 0.356 e. The molecule has 1 saturated heterocycles. The number of nitrogens with zero attached hydrogens (tertiary/aromatic N) is 4. The molecule has 0 unspecified atom stereocenters. The SMILES string of the molecule is CCNC(=O)[C@H]1CCCN(c2nc3ncn(CC(=O)Nc4ccc(NC(C)=O)cc4)c(=O)c3s2)C1. The molecule has 1 aliphatic rings. The first-order valence-corrected chi connectivity index (χ1v) is 12.2. The van der Waals surface area contributed by atoms with E-state index in [1.807, 2.05) is 11.8 Å². The minimum Gasteiger partial charge on any atom is -0.356 e. The maximum Gasteiger partial charge on any atom is 0.273 e. The van der Waals surface area contributed by atoms with E-state index in [-0.39, 0.29) is 35.7 Å². The van der Waals surface area contributed by atoms with Crippen molar-refractivity contribution in [2.75, 3.05) is 35.2 Å². The van der Waals surface area contributed by atoms with Crippen molar-refractivity contribution < 1.29 is 14.4 Å². The quantitative estimate of drug-likeness (QED) is 0.452. The molecule has 35 heavy (non-hydrogen) atoms. The molecule has 184 valence electrons. The van der Waals surface area contributed by atoms with Crippen molar-refractivity contribution in [2.45, 2.75) is 33.2 Å². The standard InChI is InChI=1S/C23H27N7O4S/c1-3-24-21(33)15-5-4-10-29(11-15)23-28-20-19(35-23)22(34)30(13-25-20)12-18(32)27-17-8-6-16(7-9-17)26-14(2)31/h6-9,13,15H,3-5,10-12H2,1-2H3,(H,24,33)(H,26,31)(H,27,32)/t15-/m0/s1. The van der Waals surface area contributed by atoms with Crippen LogP contribution in [-0.4, -0.2) is 51.9 Å². The van der Waals surface area contributed by atoms with E-state index < -0.39 is 0 Å². The van der Waals surface area contributed by atoms with E-state index in [1.165, 1.54) is 29.2 Å². The Morgan fingerprint density at radius 3 is 2.54 bits per heavy atom. The maximum atomic E-state index is 13.0. The van der Waals surface area contributed by atoms with Crippen LogP contribution in [0.2, 0.25) is 0 Å². The van der Waals surface area contributed by atoms with Crippen molar-refractivity contribution in [3.05, 3.63) is 40.9 Å². The van der Waals surface area contributed by atoms with E-state index in [1.54, 1.807) is 24.3 Å². The second-order valence-corrected chi connectivity index (χ2v) is 9.29. The number of benzene rings is 1. The Hall–Kier alpha value is -3.80. The van der Waals surface area contributed by atoms with Crippen LogP contribution in [0, 0.1) is 5.92 Å². The molecular weight excluding hydrogens is 470 g/mol. The summed E-state index contributed by atoms with van der Waals surface area (Å²) in [7, 11) is 0. The minimum atomic E-state index is -0.383. The first kappa shape index (κ1) is 24.3. The lowest BCUT2D eigenvalue weighted by atomic mass is 9.97. The molecule has 0 aliphatic carbocycles. The molecule has 2 aromatic heterocycles. The van der Waals surface area contributed by atoms with Gasteiger partial charge in [0.15, 0.2) is 10.8 Å². The summed E-state index contributed by atoms with van der Waals surface area (Å²) in [6.45, 7) is 5.00. The van der Waals surface area contributed by atoms with Gasteiger partial charge in [0.05, 0.1) is 5.92 Å². The van der Waals surface area contributed by atoms with Crippen LogP contribution >= 0.6 is 11.3 Å². The highest BCUT2D eigenvalue weighted by molar-refractivity contribution is 7.22. The molecule has 0 saturated carbocycles. The number of nitrogens with one attached hydrogen (secondary N) is 3. The van der Waals surface area contributed by atoms with E-state index in [9.17, 15) is 19.2 Å². The maximum absolute atomic E-state index is 13.0. The smallest absolute Gasteiger partial charge is 0.273 e. The predicted molar refractivity (Wildman–Crippen MR) is 135 cm³/mol. The molecular formula is C23H27N7O4S. The zero-order valence-electron chi connectivity index (χ0n) is 19.5. The topological polar surface area (TPSA) is 138 Å². The van der Waals surface area contributed by atoms with Crippen LogP contribution < -0.4 is 26.4 Å². The van der Waals surface area contributed by atoms with Crippen LogP contribution in [0.5, 0.6) is 0 Å². The number of fused-ring (bicyclic) bond motifs is 1. The molecule has 1 fully saturated rings. The summed E-state index contributed by atoms with van der Waals surface area (Å²) >= 11 is 1.23. The highest BCUT2D eigenvalue weighted by atomic mass is 32.1. The van der Waals surface area contributed by atoms with E-state index in [0.717, 1.165) is 19.4 Å². The fraction of sp³-hybridized carbons (Fsp3) is 0.391. The number of aromatic nitrogens is 3. The van der Waals surface area contributed by atoms with E-state index in [0.29, 0.717) is 39.9 Å². The van der Waals surface area contributed by atoms with E-state index >= 15 is 0 Å². The summed E-state index contributed by atoms with van der Waals surface area (Å²) in [5, 5.41) is 8.91. The lowest BCUT2D eigenvalue weighted by Gasteiger charge is -2.31. The Morgan fingerprint density at radius 2 is 1.86 bits per heavy atom. The van der Waals surface area contributed by atoms with Crippen LogP contribution in [0.25, 0.3) is 10.3 Å². The molecule has 3 aromatic rings. The van der Waals surface area contributed by atoms with Gasteiger partial charge >= 0.3 is 0 Å². The van der Waals surface area contributed by atoms with Gasteiger partial charge in [0, 0.05) is 37.9 Å². The molecule has 1 atom stereocenters. The third kappa shape index (κ3) is 5.83. The molecule has 0 bridgehead atoms. The summed E-state index contributed by atoms with van der Waals surface area (Å²) in [4.78, 5) is 59.7. The molecule has 3 amide bonds. The number of hydrogen-bond acceptors (Lipinski definition) is 8. The third-order valence-corrected chi connectivity index (χ3v) is 6.68. The lowest BCUT2D eigenvalue weighted by molar-refractivity contribution is -0.125. The number of anilines is 3. The Morgan fingerprint density at radius 1 is 1.14 bits per heavy atom. The van der Waals surface area contributed by atoms with Gasteiger partial charge in [-0.3, -0.25) is 23.7 Å². The molecule has 11 nitrogen and oxygen atoms in total. The normalized spacial score (nSPS) is 15.6. The van der Waals surface area contributed by atoms with Crippen molar-refractivity contribution in [3.63, 3.8) is 0 Å². The van der Waals surface area contributed by atoms with Gasteiger partial charge in [-0.1, -0.05) is 11.3 Å².